The van der Waals surface area contributed by atoms with Crippen LogP contribution in [0.25, 0.3) is 0 Å². The molecule has 0 amide bonds. The first kappa shape index (κ1) is 11.0. The van der Waals surface area contributed by atoms with Crippen LogP contribution < -0.4 is 0 Å². The molecule has 0 atom stereocenters. The summed E-state index contributed by atoms with van der Waals surface area (Å²) in [7, 11) is 0. The van der Waals surface area contributed by atoms with E-state index in [0.717, 1.165) is 11.8 Å². The van der Waals surface area contributed by atoms with Crippen molar-refractivity contribution in [2.45, 2.75) is 16.7 Å². The zero-order valence-corrected chi connectivity index (χ0v) is 9.12. The van der Waals surface area contributed by atoms with Crippen molar-refractivity contribution >= 4 is 11.8 Å². The van der Waals surface area contributed by atoms with Crippen molar-refractivity contribution in [2.24, 2.45) is 0 Å². The Morgan fingerprint density at radius 1 is 1.19 bits per heavy atom. The highest BCUT2D eigenvalue weighted by Crippen LogP contribution is 2.30. The molecule has 1 aromatic heterocycles. The van der Waals surface area contributed by atoms with Gasteiger partial charge in [-0.15, -0.1) is 0 Å². The normalized spacial score (nSPS) is 10.4. The summed E-state index contributed by atoms with van der Waals surface area (Å²) in [5, 5.41) is 9.56. The van der Waals surface area contributed by atoms with Gasteiger partial charge in [0.15, 0.2) is 5.16 Å². The van der Waals surface area contributed by atoms with Gasteiger partial charge in [0, 0.05) is 12.4 Å². The molecule has 0 aliphatic heterocycles. The molecule has 2 rings (SSSR count). The quantitative estimate of drug-likeness (QED) is 0.830. The van der Waals surface area contributed by atoms with Gasteiger partial charge in [-0.05, 0) is 29.5 Å². The fourth-order valence-corrected chi connectivity index (χ4v) is 2.06. The van der Waals surface area contributed by atoms with Gasteiger partial charge in [-0.1, -0.05) is 12.1 Å². The Bertz CT molecular complexity index is 479. The number of aromatic nitrogens is 2. The van der Waals surface area contributed by atoms with Crippen LogP contribution in [0, 0.1) is 5.82 Å². The van der Waals surface area contributed by atoms with Crippen molar-refractivity contribution in [3.63, 3.8) is 0 Å². The first-order valence-electron chi connectivity index (χ1n) is 4.64. The van der Waals surface area contributed by atoms with Crippen LogP contribution in [-0.4, -0.2) is 15.1 Å². The lowest BCUT2D eigenvalue weighted by Gasteiger charge is -2.06. The smallest absolute Gasteiger partial charge is 0.192 e. The molecule has 0 saturated carbocycles. The highest BCUT2D eigenvalue weighted by Gasteiger charge is 2.10. The zero-order valence-electron chi connectivity index (χ0n) is 8.30. The average Bonchev–Trinajstić information content (AvgIpc) is 2.33. The van der Waals surface area contributed by atoms with E-state index < -0.39 is 0 Å². The molecule has 0 bridgehead atoms. The lowest BCUT2D eigenvalue weighted by Crippen LogP contribution is -1.93. The van der Waals surface area contributed by atoms with E-state index in [9.17, 15) is 4.39 Å². The first-order chi connectivity index (χ1) is 7.81. The second-order valence-corrected chi connectivity index (χ2v) is 4.00. The van der Waals surface area contributed by atoms with Crippen LogP contribution in [0.2, 0.25) is 0 Å². The molecule has 82 valence electrons. The van der Waals surface area contributed by atoms with Crippen LogP contribution >= 0.6 is 11.8 Å². The maximum Gasteiger partial charge on any atom is 0.192 e. The third-order valence-electron chi connectivity index (χ3n) is 1.95. The summed E-state index contributed by atoms with van der Waals surface area (Å²) in [6, 6.07) is 6.29. The number of halogens is 1. The molecule has 1 aromatic carbocycles. The third kappa shape index (κ3) is 2.37. The van der Waals surface area contributed by atoms with Gasteiger partial charge < -0.3 is 5.11 Å². The second kappa shape index (κ2) is 5.05. The van der Waals surface area contributed by atoms with Crippen molar-refractivity contribution in [1.29, 1.82) is 0 Å². The van der Waals surface area contributed by atoms with E-state index in [1.165, 1.54) is 6.07 Å². The van der Waals surface area contributed by atoms with Crippen LogP contribution in [-0.2, 0) is 6.61 Å². The van der Waals surface area contributed by atoms with Gasteiger partial charge in [0.1, 0.15) is 5.82 Å². The maximum atomic E-state index is 13.5. The van der Waals surface area contributed by atoms with Crippen LogP contribution in [0.4, 0.5) is 4.39 Å². The molecule has 0 aliphatic carbocycles. The van der Waals surface area contributed by atoms with Crippen molar-refractivity contribution in [1.82, 2.24) is 9.97 Å². The summed E-state index contributed by atoms with van der Waals surface area (Å²) in [5.41, 5.74) is 0.539. The molecular weight excluding hydrogens is 227 g/mol. The van der Waals surface area contributed by atoms with E-state index in [-0.39, 0.29) is 12.4 Å². The van der Waals surface area contributed by atoms with E-state index in [2.05, 4.69) is 9.97 Å². The molecule has 0 spiro atoms. The lowest BCUT2D eigenvalue weighted by molar-refractivity contribution is 0.277. The molecule has 0 radical (unpaired) electrons. The predicted octanol–water partition coefficient (Wildman–Crippen LogP) is 2.26. The predicted molar refractivity (Wildman–Crippen MR) is 58.5 cm³/mol. The van der Waals surface area contributed by atoms with Gasteiger partial charge in [0.25, 0.3) is 0 Å². The maximum absolute atomic E-state index is 13.5. The lowest BCUT2D eigenvalue weighted by atomic mass is 10.2. The summed E-state index contributed by atoms with van der Waals surface area (Å²) in [5.74, 6) is -0.371. The van der Waals surface area contributed by atoms with Gasteiger partial charge in [-0.25, -0.2) is 14.4 Å². The van der Waals surface area contributed by atoms with E-state index in [1.54, 1.807) is 30.6 Å². The average molecular weight is 236 g/mol. The molecule has 0 saturated heterocycles. The highest BCUT2D eigenvalue weighted by atomic mass is 32.2. The summed E-state index contributed by atoms with van der Waals surface area (Å²) >= 11 is 1.11. The fourth-order valence-electron chi connectivity index (χ4n) is 1.22. The Kier molecular flexibility index (Phi) is 3.48. The molecule has 0 aliphatic rings. The minimum atomic E-state index is -0.371. The van der Waals surface area contributed by atoms with Gasteiger partial charge in [-0.2, -0.15) is 0 Å². The third-order valence-corrected chi connectivity index (χ3v) is 3.01. The molecule has 2 aromatic rings. The number of rotatable bonds is 3. The summed E-state index contributed by atoms with van der Waals surface area (Å²) in [6.45, 7) is -0.201. The molecule has 0 fully saturated rings. The summed E-state index contributed by atoms with van der Waals surface area (Å²) in [4.78, 5) is 8.36. The van der Waals surface area contributed by atoms with Gasteiger partial charge >= 0.3 is 0 Å². The van der Waals surface area contributed by atoms with Crippen LogP contribution in [0.3, 0.4) is 0 Å². The minimum Gasteiger partial charge on any atom is -0.392 e. The van der Waals surface area contributed by atoms with E-state index >= 15 is 0 Å². The Morgan fingerprint density at radius 3 is 2.62 bits per heavy atom. The fraction of sp³-hybridized carbons (Fsp3) is 0.0909. The molecule has 0 unspecified atom stereocenters. The Labute approximate surface area is 96.4 Å². The molecule has 3 nitrogen and oxygen atoms in total. The number of hydrogen-bond donors (Lipinski definition) is 1. The molecule has 1 heterocycles. The van der Waals surface area contributed by atoms with Crippen molar-refractivity contribution < 1.29 is 9.50 Å². The van der Waals surface area contributed by atoms with Gasteiger partial charge in [0.05, 0.1) is 11.5 Å². The van der Waals surface area contributed by atoms with Crippen molar-refractivity contribution in [3.8, 4) is 0 Å². The molecule has 5 heteroatoms. The van der Waals surface area contributed by atoms with Gasteiger partial charge in [-0.3, -0.25) is 0 Å². The Balaban J connectivity index is 2.34. The SMILES string of the molecule is OCc1cccc(F)c1Sc1ncccn1. The number of hydrogen-bond acceptors (Lipinski definition) is 4. The standard InChI is InChI=1S/C11H9FN2OS/c12-9-4-1-3-8(7-15)10(9)16-11-13-5-2-6-14-11/h1-6,15H,7H2. The number of nitrogens with zero attached hydrogens (tertiary/aromatic N) is 2. The topological polar surface area (TPSA) is 46.0 Å². The zero-order chi connectivity index (χ0) is 11.4. The van der Waals surface area contributed by atoms with Crippen LogP contribution in [0.15, 0.2) is 46.7 Å². The highest BCUT2D eigenvalue weighted by molar-refractivity contribution is 7.99. The number of benzene rings is 1. The van der Waals surface area contributed by atoms with Crippen LogP contribution in [0.5, 0.6) is 0 Å². The summed E-state index contributed by atoms with van der Waals surface area (Å²) in [6.07, 6.45) is 3.18. The van der Waals surface area contributed by atoms with Crippen molar-refractivity contribution in [3.05, 3.63) is 48.0 Å². The second-order valence-electron chi connectivity index (χ2n) is 3.02. The molecule has 1 N–H and O–H groups in total. The van der Waals surface area contributed by atoms with Crippen molar-refractivity contribution in [2.75, 3.05) is 0 Å². The largest absolute Gasteiger partial charge is 0.392 e. The molecule has 16 heavy (non-hydrogen) atoms. The number of aliphatic hydroxyl groups is 1. The minimum absolute atomic E-state index is 0.201. The van der Waals surface area contributed by atoms with Crippen LogP contribution in [0.1, 0.15) is 5.56 Å². The summed E-state index contributed by atoms with van der Waals surface area (Å²) < 4.78 is 13.5. The van der Waals surface area contributed by atoms with E-state index in [1.807, 2.05) is 0 Å². The molecular formula is C11H9FN2OS. The van der Waals surface area contributed by atoms with Gasteiger partial charge in [0.2, 0.25) is 0 Å². The van der Waals surface area contributed by atoms with E-state index in [0.29, 0.717) is 15.6 Å². The first-order valence-corrected chi connectivity index (χ1v) is 5.46. The Hall–Kier alpha value is -1.46. The number of aliphatic hydroxyl groups excluding tert-OH is 1. The monoisotopic (exact) mass is 236 g/mol. The van der Waals surface area contributed by atoms with E-state index in [4.69, 9.17) is 5.11 Å². The Morgan fingerprint density at radius 2 is 1.94 bits per heavy atom.